The fourth-order valence-electron chi connectivity index (χ4n) is 2.02. The summed E-state index contributed by atoms with van der Waals surface area (Å²) in [7, 11) is 0. The highest BCUT2D eigenvalue weighted by Gasteiger charge is 2.16. The summed E-state index contributed by atoms with van der Waals surface area (Å²) in [5, 5.41) is 13.6. The van der Waals surface area contributed by atoms with Gasteiger partial charge in [0.15, 0.2) is 0 Å². The Morgan fingerprint density at radius 3 is 2.80 bits per heavy atom. The third-order valence-corrected chi connectivity index (χ3v) is 4.27. The van der Waals surface area contributed by atoms with Gasteiger partial charge in [-0.3, -0.25) is 0 Å². The molecule has 1 heterocycles. The Labute approximate surface area is 131 Å². The minimum atomic E-state index is -0.215. The Balaban J connectivity index is 2.24. The molecule has 1 unspecified atom stereocenters. The lowest BCUT2D eigenvalue weighted by molar-refractivity contribution is 0.271. The van der Waals surface area contributed by atoms with Gasteiger partial charge >= 0.3 is 0 Å². The van der Waals surface area contributed by atoms with E-state index in [-0.39, 0.29) is 12.6 Å². The quantitative estimate of drug-likeness (QED) is 0.848. The first-order valence-electron chi connectivity index (χ1n) is 6.37. The first-order valence-corrected chi connectivity index (χ1v) is 7.54. The largest absolute Gasteiger partial charge is 0.394 e. The Kier molecular flexibility index (Phi) is 5.07. The van der Waals surface area contributed by atoms with E-state index in [2.05, 4.69) is 40.1 Å². The van der Waals surface area contributed by atoms with Crippen LogP contribution in [0.4, 0.5) is 5.69 Å². The molecular weight excluding hydrogens is 342 g/mol. The number of aliphatic hydroxyl groups excluding tert-OH is 1. The number of benzene rings is 1. The number of nitrogens with one attached hydrogen (secondary N) is 1. The van der Waals surface area contributed by atoms with Crippen molar-refractivity contribution in [2.45, 2.75) is 25.9 Å². The highest BCUT2D eigenvalue weighted by atomic mass is 79.9. The first-order chi connectivity index (χ1) is 9.52. The van der Waals surface area contributed by atoms with Crippen molar-refractivity contribution in [2.24, 2.45) is 0 Å². The van der Waals surface area contributed by atoms with Crippen molar-refractivity contribution in [3.63, 3.8) is 0 Å². The molecule has 1 aromatic carbocycles. The summed E-state index contributed by atoms with van der Waals surface area (Å²) in [6, 6.07) is 5.66. The molecule has 0 amide bonds. The second-order valence-corrected chi connectivity index (χ2v) is 6.09. The molecule has 0 aliphatic rings. The molecule has 1 atom stereocenters. The van der Waals surface area contributed by atoms with Gasteiger partial charge in [0.2, 0.25) is 0 Å². The van der Waals surface area contributed by atoms with E-state index in [4.69, 9.17) is 11.6 Å². The van der Waals surface area contributed by atoms with Gasteiger partial charge in [-0.2, -0.15) is 0 Å². The molecule has 20 heavy (non-hydrogen) atoms. The summed E-state index contributed by atoms with van der Waals surface area (Å²) in [6.45, 7) is 4.15. The number of hydrogen-bond acceptors (Lipinski definition) is 3. The molecule has 0 saturated heterocycles. The summed E-state index contributed by atoms with van der Waals surface area (Å²) in [4.78, 5) is 4.17. The lowest BCUT2D eigenvalue weighted by Gasteiger charge is -2.21. The molecule has 108 valence electrons. The molecule has 0 bridgehead atoms. The predicted molar refractivity (Wildman–Crippen MR) is 85.2 cm³/mol. The molecule has 0 fully saturated rings. The van der Waals surface area contributed by atoms with E-state index >= 15 is 0 Å². The summed E-state index contributed by atoms with van der Waals surface area (Å²) in [6.07, 6.45) is 3.56. The molecule has 1 aromatic heterocycles. The number of anilines is 1. The van der Waals surface area contributed by atoms with E-state index < -0.39 is 0 Å². The zero-order valence-corrected chi connectivity index (χ0v) is 13.7. The van der Waals surface area contributed by atoms with Gasteiger partial charge in [0.1, 0.15) is 0 Å². The molecule has 0 spiro atoms. The van der Waals surface area contributed by atoms with E-state index in [1.807, 2.05) is 22.8 Å². The van der Waals surface area contributed by atoms with Crippen molar-refractivity contribution in [1.29, 1.82) is 0 Å². The van der Waals surface area contributed by atoms with Crippen molar-refractivity contribution in [1.82, 2.24) is 9.55 Å². The van der Waals surface area contributed by atoms with Crippen molar-refractivity contribution < 1.29 is 5.11 Å². The smallest absolute Gasteiger partial charge is 0.0951 e. The van der Waals surface area contributed by atoms with Gasteiger partial charge in [0.05, 0.1) is 35.9 Å². The number of aliphatic hydroxyl groups is 1. The first kappa shape index (κ1) is 15.4. The standard InChI is InChI=1S/C14H17BrClN3O/c1-9(2)19-8-17-6-14(19)13(7-20)18-10-3-4-12(16)11(15)5-10/h3-6,8-9,13,18,20H,7H2,1-2H3. The van der Waals surface area contributed by atoms with E-state index in [9.17, 15) is 5.11 Å². The Bertz CT molecular complexity index is 586. The molecule has 0 aliphatic carbocycles. The number of hydrogen-bond donors (Lipinski definition) is 2. The van der Waals surface area contributed by atoms with E-state index in [1.165, 1.54) is 0 Å². The lowest BCUT2D eigenvalue weighted by Crippen LogP contribution is -2.19. The van der Waals surface area contributed by atoms with Gasteiger partial charge in [0, 0.05) is 16.2 Å². The number of nitrogens with zero attached hydrogens (tertiary/aromatic N) is 2. The fraction of sp³-hybridized carbons (Fsp3) is 0.357. The summed E-state index contributed by atoms with van der Waals surface area (Å²) >= 11 is 9.37. The van der Waals surface area contributed by atoms with Crippen LogP contribution < -0.4 is 5.32 Å². The summed E-state index contributed by atoms with van der Waals surface area (Å²) in [5.74, 6) is 0. The zero-order chi connectivity index (χ0) is 14.7. The van der Waals surface area contributed by atoms with Gasteiger partial charge in [-0.25, -0.2) is 4.98 Å². The van der Waals surface area contributed by atoms with Gasteiger partial charge in [-0.1, -0.05) is 11.6 Å². The van der Waals surface area contributed by atoms with Crippen molar-refractivity contribution in [3.8, 4) is 0 Å². The fourth-order valence-corrected chi connectivity index (χ4v) is 2.51. The molecule has 4 nitrogen and oxygen atoms in total. The van der Waals surface area contributed by atoms with Crippen LogP contribution in [0.2, 0.25) is 5.02 Å². The molecule has 2 aromatic rings. The number of imidazole rings is 1. The van der Waals surface area contributed by atoms with Crippen LogP contribution in [0.3, 0.4) is 0 Å². The maximum atomic E-state index is 9.65. The topological polar surface area (TPSA) is 50.1 Å². The second-order valence-electron chi connectivity index (χ2n) is 4.83. The third kappa shape index (κ3) is 3.34. The number of aromatic nitrogens is 2. The van der Waals surface area contributed by atoms with E-state index in [0.717, 1.165) is 15.9 Å². The lowest BCUT2D eigenvalue weighted by atomic mass is 10.2. The number of halogens is 2. The number of rotatable bonds is 5. The maximum Gasteiger partial charge on any atom is 0.0951 e. The minimum absolute atomic E-state index is 0.0152. The van der Waals surface area contributed by atoms with Gasteiger partial charge in [0.25, 0.3) is 0 Å². The van der Waals surface area contributed by atoms with Crippen LogP contribution in [0.5, 0.6) is 0 Å². The summed E-state index contributed by atoms with van der Waals surface area (Å²) < 4.78 is 2.86. The van der Waals surface area contributed by atoms with Gasteiger partial charge in [-0.15, -0.1) is 0 Å². The Morgan fingerprint density at radius 2 is 2.20 bits per heavy atom. The van der Waals surface area contributed by atoms with Crippen LogP contribution in [0.1, 0.15) is 31.6 Å². The monoisotopic (exact) mass is 357 g/mol. The van der Waals surface area contributed by atoms with Crippen LogP contribution in [0, 0.1) is 0 Å². The molecule has 2 rings (SSSR count). The molecule has 6 heteroatoms. The third-order valence-electron chi connectivity index (χ3n) is 3.05. The zero-order valence-electron chi connectivity index (χ0n) is 11.3. The normalized spacial score (nSPS) is 12.7. The predicted octanol–water partition coefficient (Wildman–Crippen LogP) is 4.03. The van der Waals surface area contributed by atoms with Crippen LogP contribution in [-0.2, 0) is 0 Å². The second kappa shape index (κ2) is 6.61. The molecule has 0 saturated carbocycles. The Morgan fingerprint density at radius 1 is 1.45 bits per heavy atom. The average Bonchev–Trinajstić information content (AvgIpc) is 2.89. The van der Waals surface area contributed by atoms with E-state index in [0.29, 0.717) is 11.1 Å². The van der Waals surface area contributed by atoms with Crippen molar-refractivity contribution >= 4 is 33.2 Å². The Hall–Kier alpha value is -1.04. The summed E-state index contributed by atoms with van der Waals surface area (Å²) in [5.41, 5.74) is 1.84. The highest BCUT2D eigenvalue weighted by Crippen LogP contribution is 2.28. The van der Waals surface area contributed by atoms with Crippen LogP contribution in [0.25, 0.3) is 0 Å². The molecular formula is C14H17BrClN3O. The SMILES string of the molecule is CC(C)n1cncc1C(CO)Nc1ccc(Cl)c(Br)c1. The maximum absolute atomic E-state index is 9.65. The van der Waals surface area contributed by atoms with E-state index in [1.54, 1.807) is 12.5 Å². The van der Waals surface area contributed by atoms with Gasteiger partial charge in [-0.05, 0) is 48.0 Å². The average molecular weight is 359 g/mol. The van der Waals surface area contributed by atoms with Crippen LogP contribution in [-0.4, -0.2) is 21.3 Å². The molecule has 0 radical (unpaired) electrons. The van der Waals surface area contributed by atoms with Crippen molar-refractivity contribution in [2.75, 3.05) is 11.9 Å². The molecule has 0 aliphatic heterocycles. The minimum Gasteiger partial charge on any atom is -0.394 e. The van der Waals surface area contributed by atoms with Crippen molar-refractivity contribution in [3.05, 3.63) is 45.9 Å². The van der Waals surface area contributed by atoms with Crippen LogP contribution >= 0.6 is 27.5 Å². The van der Waals surface area contributed by atoms with Crippen LogP contribution in [0.15, 0.2) is 35.2 Å². The molecule has 2 N–H and O–H groups in total. The highest BCUT2D eigenvalue weighted by molar-refractivity contribution is 9.10. The van der Waals surface area contributed by atoms with Gasteiger partial charge < -0.3 is 15.0 Å².